The number of amides is 1. The molecule has 1 fully saturated rings. The monoisotopic (exact) mass is 324 g/mol. The fourth-order valence-corrected chi connectivity index (χ4v) is 4.42. The van der Waals surface area contributed by atoms with E-state index in [4.69, 9.17) is 0 Å². The molecule has 0 aromatic heterocycles. The van der Waals surface area contributed by atoms with Gasteiger partial charge in [-0.2, -0.15) is 4.31 Å². The number of rotatable bonds is 5. The van der Waals surface area contributed by atoms with Gasteiger partial charge in [0.1, 0.15) is 0 Å². The predicted octanol–water partition coefficient (Wildman–Crippen LogP) is 2.99. The minimum atomic E-state index is -3.45. The van der Waals surface area contributed by atoms with Crippen molar-refractivity contribution in [3.63, 3.8) is 0 Å². The van der Waals surface area contributed by atoms with Crippen molar-refractivity contribution in [1.29, 1.82) is 0 Å². The molecule has 1 aliphatic heterocycles. The highest BCUT2D eigenvalue weighted by Gasteiger charge is 2.30. The summed E-state index contributed by atoms with van der Waals surface area (Å²) in [4.78, 5) is 11.8. The zero-order valence-electron chi connectivity index (χ0n) is 13.2. The van der Waals surface area contributed by atoms with Crippen molar-refractivity contribution in [1.82, 2.24) is 4.31 Å². The maximum atomic E-state index is 12.7. The Labute approximate surface area is 132 Å². The predicted molar refractivity (Wildman–Crippen MR) is 87.2 cm³/mol. The topological polar surface area (TPSA) is 66.5 Å². The first-order valence-electron chi connectivity index (χ1n) is 7.87. The molecule has 22 heavy (non-hydrogen) atoms. The molecule has 5 nitrogen and oxygen atoms in total. The average Bonchev–Trinajstić information content (AvgIpc) is 2.48. The van der Waals surface area contributed by atoms with Crippen molar-refractivity contribution in [3.8, 4) is 0 Å². The lowest BCUT2D eigenvalue weighted by Crippen LogP contribution is -2.41. The maximum absolute atomic E-state index is 12.7. The van der Waals surface area contributed by atoms with E-state index < -0.39 is 10.0 Å². The molecule has 1 aromatic rings. The molecule has 0 bridgehead atoms. The van der Waals surface area contributed by atoms with Crippen LogP contribution in [0.5, 0.6) is 0 Å². The van der Waals surface area contributed by atoms with Crippen molar-refractivity contribution >= 4 is 21.6 Å². The molecule has 1 N–H and O–H groups in total. The van der Waals surface area contributed by atoms with Crippen LogP contribution in [0.25, 0.3) is 0 Å². The van der Waals surface area contributed by atoms with E-state index in [-0.39, 0.29) is 16.8 Å². The highest BCUT2D eigenvalue weighted by Crippen LogP contribution is 2.25. The van der Waals surface area contributed by atoms with Crippen LogP contribution in [0.2, 0.25) is 0 Å². The van der Waals surface area contributed by atoms with Gasteiger partial charge in [0.15, 0.2) is 0 Å². The zero-order chi connectivity index (χ0) is 16.2. The van der Waals surface area contributed by atoms with Gasteiger partial charge in [-0.3, -0.25) is 4.79 Å². The van der Waals surface area contributed by atoms with Gasteiger partial charge in [-0.25, -0.2) is 8.42 Å². The summed E-state index contributed by atoms with van der Waals surface area (Å²) in [6.07, 6.45) is 4.14. The number of hydrogen-bond donors (Lipinski definition) is 1. The molecule has 1 amide bonds. The third-order valence-corrected chi connectivity index (χ3v) is 5.99. The van der Waals surface area contributed by atoms with Crippen LogP contribution in [0.4, 0.5) is 5.69 Å². The fourth-order valence-electron chi connectivity index (χ4n) is 2.73. The van der Waals surface area contributed by atoms with Crippen LogP contribution < -0.4 is 5.32 Å². The fraction of sp³-hybridized carbons (Fsp3) is 0.562. The number of carbonyl (C=O) groups is 1. The quantitative estimate of drug-likeness (QED) is 0.905. The maximum Gasteiger partial charge on any atom is 0.243 e. The normalized spacial score (nSPS) is 19.8. The molecule has 122 valence electrons. The largest absolute Gasteiger partial charge is 0.326 e. The number of nitrogens with one attached hydrogen (secondary N) is 1. The number of benzene rings is 1. The van der Waals surface area contributed by atoms with E-state index >= 15 is 0 Å². The van der Waals surface area contributed by atoms with Gasteiger partial charge >= 0.3 is 0 Å². The Kier molecular flexibility index (Phi) is 5.58. The Hall–Kier alpha value is -1.40. The molecular weight excluding hydrogens is 300 g/mol. The number of carbonyl (C=O) groups excluding carboxylic acids is 1. The van der Waals surface area contributed by atoms with Crippen molar-refractivity contribution in [2.45, 2.75) is 56.9 Å². The van der Waals surface area contributed by atoms with E-state index in [0.29, 0.717) is 18.7 Å². The lowest BCUT2D eigenvalue weighted by molar-refractivity contribution is -0.116. The van der Waals surface area contributed by atoms with Gasteiger partial charge in [0, 0.05) is 24.7 Å². The molecule has 1 saturated heterocycles. The number of sulfonamides is 1. The minimum absolute atomic E-state index is 0.0442. The first kappa shape index (κ1) is 17.0. The summed E-state index contributed by atoms with van der Waals surface area (Å²) in [5.41, 5.74) is 0.629. The van der Waals surface area contributed by atoms with Gasteiger partial charge in [0.05, 0.1) is 4.90 Å². The lowest BCUT2D eigenvalue weighted by Gasteiger charge is -2.32. The smallest absolute Gasteiger partial charge is 0.243 e. The molecule has 2 rings (SSSR count). The van der Waals surface area contributed by atoms with Gasteiger partial charge in [-0.1, -0.05) is 13.3 Å². The summed E-state index contributed by atoms with van der Waals surface area (Å²) in [5, 5.41) is 2.76. The molecule has 0 unspecified atom stereocenters. The van der Waals surface area contributed by atoms with Crippen LogP contribution in [0.3, 0.4) is 0 Å². The van der Waals surface area contributed by atoms with Crippen LogP contribution in [-0.2, 0) is 14.8 Å². The Bertz CT molecular complexity index is 611. The van der Waals surface area contributed by atoms with Gasteiger partial charge in [0.25, 0.3) is 0 Å². The summed E-state index contributed by atoms with van der Waals surface area (Å²) in [6, 6.07) is 6.48. The van der Waals surface area contributed by atoms with Crippen molar-refractivity contribution in [3.05, 3.63) is 24.3 Å². The molecule has 0 radical (unpaired) electrons. The third-order valence-electron chi connectivity index (χ3n) is 3.96. The molecule has 1 atom stereocenters. The highest BCUT2D eigenvalue weighted by atomic mass is 32.2. The van der Waals surface area contributed by atoms with Crippen molar-refractivity contribution in [2.24, 2.45) is 0 Å². The van der Waals surface area contributed by atoms with E-state index in [9.17, 15) is 13.2 Å². The first-order valence-corrected chi connectivity index (χ1v) is 9.31. The number of anilines is 1. The number of nitrogens with zero attached hydrogens (tertiary/aromatic N) is 1. The molecule has 1 aliphatic rings. The molecule has 1 aromatic carbocycles. The van der Waals surface area contributed by atoms with Crippen LogP contribution in [0.15, 0.2) is 29.2 Å². The molecule has 0 aliphatic carbocycles. The second-order valence-electron chi connectivity index (χ2n) is 5.78. The Balaban J connectivity index is 2.13. The van der Waals surface area contributed by atoms with Crippen LogP contribution in [-0.4, -0.2) is 31.2 Å². The van der Waals surface area contributed by atoms with E-state index in [1.54, 1.807) is 28.6 Å². The molecule has 0 saturated carbocycles. The first-order chi connectivity index (χ1) is 10.4. The van der Waals surface area contributed by atoms with Gasteiger partial charge < -0.3 is 5.32 Å². The van der Waals surface area contributed by atoms with Crippen LogP contribution >= 0.6 is 0 Å². The Morgan fingerprint density at radius 3 is 2.55 bits per heavy atom. The molecule has 1 heterocycles. The Morgan fingerprint density at radius 2 is 1.95 bits per heavy atom. The number of hydrogen-bond acceptors (Lipinski definition) is 3. The third kappa shape index (κ3) is 3.87. The number of piperidine rings is 1. The van der Waals surface area contributed by atoms with E-state index in [1.807, 2.05) is 13.8 Å². The second-order valence-corrected chi connectivity index (χ2v) is 7.67. The minimum Gasteiger partial charge on any atom is -0.326 e. The van der Waals surface area contributed by atoms with Crippen LogP contribution in [0, 0.1) is 0 Å². The summed E-state index contributed by atoms with van der Waals surface area (Å²) in [7, 11) is -3.45. The van der Waals surface area contributed by atoms with Crippen molar-refractivity contribution in [2.75, 3.05) is 11.9 Å². The summed E-state index contributed by atoms with van der Waals surface area (Å²) < 4.78 is 26.9. The zero-order valence-corrected chi connectivity index (χ0v) is 14.0. The summed E-state index contributed by atoms with van der Waals surface area (Å²) in [5.74, 6) is -0.0530. The van der Waals surface area contributed by atoms with Gasteiger partial charge in [-0.15, -0.1) is 0 Å². The van der Waals surface area contributed by atoms with Crippen LogP contribution in [0.1, 0.15) is 46.0 Å². The summed E-state index contributed by atoms with van der Waals surface area (Å²) >= 11 is 0. The van der Waals surface area contributed by atoms with Gasteiger partial charge in [0.2, 0.25) is 15.9 Å². The van der Waals surface area contributed by atoms with Crippen molar-refractivity contribution < 1.29 is 13.2 Å². The van der Waals surface area contributed by atoms with Gasteiger partial charge in [-0.05, 0) is 50.5 Å². The second kappa shape index (κ2) is 7.24. The van der Waals surface area contributed by atoms with E-state index in [1.165, 1.54) is 0 Å². The molecular formula is C16H24N2O3S. The standard InChI is InChI=1S/C16H24N2O3S/c1-3-6-16(19)17-14-8-10-15(11-9-14)22(20,21)18-12-5-4-7-13(18)2/h8-11,13H,3-7,12H2,1-2H3,(H,17,19)/t13-/m0/s1. The summed E-state index contributed by atoms with van der Waals surface area (Å²) in [6.45, 7) is 4.48. The molecule has 6 heteroatoms. The van der Waals surface area contributed by atoms with E-state index in [2.05, 4.69) is 5.32 Å². The lowest BCUT2D eigenvalue weighted by atomic mass is 10.1. The van der Waals surface area contributed by atoms with E-state index in [0.717, 1.165) is 25.7 Å². The SMILES string of the molecule is CCCC(=O)Nc1ccc(S(=O)(=O)N2CCCC[C@@H]2C)cc1. The Morgan fingerprint density at radius 1 is 1.27 bits per heavy atom. The highest BCUT2D eigenvalue weighted by molar-refractivity contribution is 7.89. The average molecular weight is 324 g/mol. The molecule has 0 spiro atoms.